The molecular formula is C12H21N. The van der Waals surface area contributed by atoms with Crippen molar-refractivity contribution in [2.45, 2.75) is 45.6 Å². The summed E-state index contributed by atoms with van der Waals surface area (Å²) in [6, 6.07) is 0.326. The third kappa shape index (κ3) is 7.58. The maximum Gasteiger partial charge on any atom is 0.00707 e. The smallest absolute Gasteiger partial charge is 0.00707 e. The third-order valence-electron chi connectivity index (χ3n) is 2.12. The Labute approximate surface area is 82.0 Å². The highest BCUT2D eigenvalue weighted by atomic mass is 14.6. The Morgan fingerprint density at radius 2 is 2.23 bits per heavy atom. The van der Waals surface area contributed by atoms with E-state index >= 15 is 0 Å². The first kappa shape index (κ1) is 12.2. The fourth-order valence-corrected chi connectivity index (χ4v) is 0.944. The summed E-state index contributed by atoms with van der Waals surface area (Å²) >= 11 is 0. The van der Waals surface area contributed by atoms with Gasteiger partial charge in [-0.25, -0.2) is 0 Å². The standard InChI is InChI=1S/C12H21N/c1-4-11(3)9-7-6-8-10-12(13)5-2/h6,8,12H,1,5,7,9-10,13H2,2-3H3. The largest absolute Gasteiger partial charge is 0.327 e. The molecule has 0 aromatic carbocycles. The highest BCUT2D eigenvalue weighted by Gasteiger charge is 1.93. The summed E-state index contributed by atoms with van der Waals surface area (Å²) in [5.74, 6) is 0. The molecule has 0 bridgehead atoms. The summed E-state index contributed by atoms with van der Waals surface area (Å²) in [6.07, 6.45) is 8.54. The molecular weight excluding hydrogens is 158 g/mol. The Bertz CT molecular complexity index is 197. The molecule has 0 heterocycles. The van der Waals surface area contributed by atoms with Crippen molar-refractivity contribution in [1.82, 2.24) is 0 Å². The van der Waals surface area contributed by atoms with Crippen LogP contribution < -0.4 is 5.73 Å². The Balaban J connectivity index is 3.47. The highest BCUT2D eigenvalue weighted by molar-refractivity contribution is 4.97. The molecule has 0 saturated carbocycles. The van der Waals surface area contributed by atoms with Crippen LogP contribution in [0.5, 0.6) is 0 Å². The van der Waals surface area contributed by atoms with E-state index in [9.17, 15) is 0 Å². The monoisotopic (exact) mass is 179 g/mol. The van der Waals surface area contributed by atoms with Gasteiger partial charge in [-0.2, -0.15) is 0 Å². The molecule has 0 aromatic rings. The first-order valence-electron chi connectivity index (χ1n) is 4.96. The molecule has 1 heteroatoms. The molecule has 0 spiro atoms. The lowest BCUT2D eigenvalue weighted by Gasteiger charge is -2.02. The van der Waals surface area contributed by atoms with Crippen molar-refractivity contribution in [2.75, 3.05) is 0 Å². The summed E-state index contributed by atoms with van der Waals surface area (Å²) in [7, 11) is 0. The molecule has 74 valence electrons. The lowest BCUT2D eigenvalue weighted by molar-refractivity contribution is 0.658. The van der Waals surface area contributed by atoms with Crippen LogP contribution in [-0.2, 0) is 0 Å². The zero-order chi connectivity index (χ0) is 10.1. The van der Waals surface area contributed by atoms with Gasteiger partial charge in [0.25, 0.3) is 0 Å². The van der Waals surface area contributed by atoms with Gasteiger partial charge < -0.3 is 5.73 Å². The van der Waals surface area contributed by atoms with Crippen LogP contribution in [0.2, 0.25) is 0 Å². The van der Waals surface area contributed by atoms with Crippen molar-refractivity contribution in [3.63, 3.8) is 0 Å². The molecule has 0 fully saturated rings. The van der Waals surface area contributed by atoms with E-state index in [-0.39, 0.29) is 0 Å². The van der Waals surface area contributed by atoms with Gasteiger partial charge >= 0.3 is 0 Å². The summed E-state index contributed by atoms with van der Waals surface area (Å²) in [5.41, 5.74) is 9.87. The van der Waals surface area contributed by atoms with E-state index in [1.54, 1.807) is 0 Å². The maximum absolute atomic E-state index is 5.76. The maximum atomic E-state index is 5.76. The van der Waals surface area contributed by atoms with Crippen LogP contribution in [0.1, 0.15) is 39.5 Å². The fraction of sp³-hybridized carbons (Fsp3) is 0.583. The van der Waals surface area contributed by atoms with E-state index in [0.717, 1.165) is 25.7 Å². The van der Waals surface area contributed by atoms with Crippen molar-refractivity contribution < 1.29 is 0 Å². The van der Waals surface area contributed by atoms with Crippen molar-refractivity contribution in [3.05, 3.63) is 30.0 Å². The zero-order valence-electron chi connectivity index (χ0n) is 8.84. The lowest BCUT2D eigenvalue weighted by atomic mass is 10.1. The Morgan fingerprint density at radius 1 is 1.54 bits per heavy atom. The van der Waals surface area contributed by atoms with Gasteiger partial charge in [0.05, 0.1) is 0 Å². The van der Waals surface area contributed by atoms with Crippen LogP contribution in [-0.4, -0.2) is 6.04 Å². The summed E-state index contributed by atoms with van der Waals surface area (Å²) in [6.45, 7) is 7.76. The van der Waals surface area contributed by atoms with Crippen LogP contribution in [0.4, 0.5) is 0 Å². The van der Waals surface area contributed by atoms with Crippen molar-refractivity contribution in [1.29, 1.82) is 0 Å². The topological polar surface area (TPSA) is 26.0 Å². The predicted molar refractivity (Wildman–Crippen MR) is 59.6 cm³/mol. The minimum absolute atomic E-state index is 0.326. The number of rotatable bonds is 6. The van der Waals surface area contributed by atoms with Crippen LogP contribution in [0.15, 0.2) is 30.0 Å². The Morgan fingerprint density at radius 3 is 2.77 bits per heavy atom. The molecule has 13 heavy (non-hydrogen) atoms. The van der Waals surface area contributed by atoms with Gasteiger partial charge in [-0.15, -0.1) is 5.73 Å². The van der Waals surface area contributed by atoms with Gasteiger partial charge in [0.1, 0.15) is 0 Å². The SMILES string of the molecule is C=C=C(C)CCC=CCC(N)CC. The first-order chi connectivity index (χ1) is 6.20. The lowest BCUT2D eigenvalue weighted by Crippen LogP contribution is -2.16. The van der Waals surface area contributed by atoms with Gasteiger partial charge in [0, 0.05) is 6.04 Å². The molecule has 2 N–H and O–H groups in total. The van der Waals surface area contributed by atoms with Gasteiger partial charge in [-0.1, -0.05) is 25.7 Å². The molecule has 0 aliphatic carbocycles. The Kier molecular flexibility index (Phi) is 7.38. The summed E-state index contributed by atoms with van der Waals surface area (Å²) < 4.78 is 0. The second-order valence-electron chi connectivity index (χ2n) is 3.37. The van der Waals surface area contributed by atoms with Crippen molar-refractivity contribution in [2.24, 2.45) is 5.73 Å². The fourth-order valence-electron chi connectivity index (χ4n) is 0.944. The first-order valence-corrected chi connectivity index (χ1v) is 4.96. The van der Waals surface area contributed by atoms with Crippen LogP contribution >= 0.6 is 0 Å². The molecule has 1 nitrogen and oxygen atoms in total. The molecule has 1 atom stereocenters. The number of allylic oxidation sites excluding steroid dienone is 2. The highest BCUT2D eigenvalue weighted by Crippen LogP contribution is 2.03. The van der Waals surface area contributed by atoms with E-state index < -0.39 is 0 Å². The second kappa shape index (κ2) is 7.85. The molecule has 1 unspecified atom stereocenters. The van der Waals surface area contributed by atoms with Crippen LogP contribution in [0.25, 0.3) is 0 Å². The van der Waals surface area contributed by atoms with E-state index in [4.69, 9.17) is 5.73 Å². The average molecular weight is 179 g/mol. The number of hydrogen-bond donors (Lipinski definition) is 1. The molecule has 0 radical (unpaired) electrons. The molecule has 0 aliphatic heterocycles. The van der Waals surface area contributed by atoms with E-state index in [0.29, 0.717) is 6.04 Å². The normalized spacial score (nSPS) is 12.8. The molecule has 0 amide bonds. The minimum atomic E-state index is 0.326. The Hall–Kier alpha value is -0.780. The molecule has 0 rings (SSSR count). The van der Waals surface area contributed by atoms with E-state index in [1.807, 2.05) is 0 Å². The summed E-state index contributed by atoms with van der Waals surface area (Å²) in [4.78, 5) is 0. The van der Waals surface area contributed by atoms with Crippen LogP contribution in [0.3, 0.4) is 0 Å². The predicted octanol–water partition coefficient (Wildman–Crippen LogP) is 3.18. The zero-order valence-corrected chi connectivity index (χ0v) is 8.84. The minimum Gasteiger partial charge on any atom is -0.327 e. The van der Waals surface area contributed by atoms with Gasteiger partial charge in [-0.05, 0) is 38.2 Å². The van der Waals surface area contributed by atoms with Crippen molar-refractivity contribution in [3.8, 4) is 0 Å². The van der Waals surface area contributed by atoms with Gasteiger partial charge in [0.15, 0.2) is 0 Å². The number of hydrogen-bond acceptors (Lipinski definition) is 1. The molecule has 0 saturated heterocycles. The van der Waals surface area contributed by atoms with E-state index in [2.05, 4.69) is 38.3 Å². The third-order valence-corrected chi connectivity index (χ3v) is 2.12. The quantitative estimate of drug-likeness (QED) is 0.492. The number of nitrogens with two attached hydrogens (primary N) is 1. The van der Waals surface area contributed by atoms with Crippen molar-refractivity contribution >= 4 is 0 Å². The van der Waals surface area contributed by atoms with Gasteiger partial charge in [-0.3, -0.25) is 0 Å². The second-order valence-corrected chi connectivity index (χ2v) is 3.37. The summed E-state index contributed by atoms with van der Waals surface area (Å²) in [5, 5.41) is 0. The average Bonchev–Trinajstić information content (AvgIpc) is 2.16. The molecule has 0 aromatic heterocycles. The van der Waals surface area contributed by atoms with Gasteiger partial charge in [0.2, 0.25) is 0 Å². The molecule has 0 aliphatic rings. The van der Waals surface area contributed by atoms with E-state index in [1.165, 1.54) is 5.57 Å². The van der Waals surface area contributed by atoms with Crippen LogP contribution in [0, 0.1) is 0 Å².